The van der Waals surface area contributed by atoms with Crippen LogP contribution in [0.5, 0.6) is 0 Å². The summed E-state index contributed by atoms with van der Waals surface area (Å²) in [5.74, 6) is -0.488. The van der Waals surface area contributed by atoms with Gasteiger partial charge in [-0.2, -0.15) is 0 Å². The summed E-state index contributed by atoms with van der Waals surface area (Å²) in [6.07, 6.45) is 0.125. The van der Waals surface area contributed by atoms with Crippen LogP contribution in [0, 0.1) is 0 Å². The maximum atomic E-state index is 11.8. The summed E-state index contributed by atoms with van der Waals surface area (Å²) in [5, 5.41) is 2.97. The number of carbonyl (C=O) groups excluding carboxylic acids is 2. The minimum absolute atomic E-state index is 0.00196. The Morgan fingerprint density at radius 1 is 1.19 bits per heavy atom. The maximum Gasteiger partial charge on any atom is 0.251 e. The molecular formula is C13H17N3O4S. The molecule has 2 N–H and O–H groups in total. The molecule has 1 aromatic carbocycles. The third-order valence-corrected chi connectivity index (χ3v) is 4.57. The Kier molecular flexibility index (Phi) is 4.17. The summed E-state index contributed by atoms with van der Waals surface area (Å²) in [6.45, 7) is 1.55. The Labute approximate surface area is 123 Å². The van der Waals surface area contributed by atoms with Gasteiger partial charge in [-0.3, -0.25) is 19.2 Å². The number of benzene rings is 1. The van der Waals surface area contributed by atoms with Crippen LogP contribution in [0.1, 0.15) is 13.3 Å². The molecule has 8 heteroatoms. The molecule has 0 spiro atoms. The smallest absolute Gasteiger partial charge is 0.251 e. The van der Waals surface area contributed by atoms with E-state index < -0.39 is 16.1 Å². The van der Waals surface area contributed by atoms with Gasteiger partial charge in [-0.25, -0.2) is 8.42 Å². The van der Waals surface area contributed by atoms with Gasteiger partial charge in [0.2, 0.25) is 15.9 Å². The molecule has 0 bridgehead atoms. The number of carbonyl (C=O) groups is 2. The lowest BCUT2D eigenvalue weighted by Crippen LogP contribution is -2.31. The van der Waals surface area contributed by atoms with E-state index in [0.717, 1.165) is 4.90 Å². The first-order valence-corrected chi connectivity index (χ1v) is 8.15. The van der Waals surface area contributed by atoms with Gasteiger partial charge in [0.25, 0.3) is 5.91 Å². The first-order chi connectivity index (χ1) is 9.82. The second-order valence-corrected chi connectivity index (χ2v) is 6.79. The second-order valence-electron chi connectivity index (χ2n) is 4.77. The molecule has 2 rings (SSSR count). The molecule has 7 nitrogen and oxygen atoms in total. The van der Waals surface area contributed by atoms with Crippen molar-refractivity contribution in [1.82, 2.24) is 4.90 Å². The van der Waals surface area contributed by atoms with Gasteiger partial charge >= 0.3 is 0 Å². The van der Waals surface area contributed by atoms with Gasteiger partial charge in [0.05, 0.1) is 12.2 Å². The number of anilines is 2. The predicted octanol–water partition coefficient (Wildman–Crippen LogP) is 0.617. The summed E-state index contributed by atoms with van der Waals surface area (Å²) in [6, 6.07) is 5.94. The minimum Gasteiger partial charge on any atom is -0.373 e. The van der Waals surface area contributed by atoms with Gasteiger partial charge in [-0.1, -0.05) is 0 Å². The highest BCUT2D eigenvalue weighted by Gasteiger charge is 2.35. The molecule has 1 fully saturated rings. The Balaban J connectivity index is 2.04. The summed E-state index contributed by atoms with van der Waals surface area (Å²) < 4.78 is 25.3. The van der Waals surface area contributed by atoms with Crippen molar-refractivity contribution in [1.29, 1.82) is 0 Å². The molecule has 1 heterocycles. The monoisotopic (exact) mass is 311 g/mol. The fourth-order valence-corrected chi connectivity index (χ4v) is 2.60. The zero-order valence-corrected chi connectivity index (χ0v) is 12.6. The number of nitrogens with one attached hydrogen (secondary N) is 2. The fourth-order valence-electron chi connectivity index (χ4n) is 1.96. The third kappa shape index (κ3) is 3.52. The number of amides is 2. The number of rotatable bonds is 5. The predicted molar refractivity (Wildman–Crippen MR) is 79.3 cm³/mol. The van der Waals surface area contributed by atoms with E-state index in [9.17, 15) is 18.0 Å². The van der Waals surface area contributed by atoms with Gasteiger partial charge in [-0.15, -0.1) is 0 Å². The quantitative estimate of drug-likeness (QED) is 0.777. The number of likely N-dealkylation sites (tertiary alicyclic amines) is 1. The van der Waals surface area contributed by atoms with Crippen LogP contribution in [-0.2, 0) is 19.6 Å². The molecular weight excluding hydrogens is 294 g/mol. The van der Waals surface area contributed by atoms with Crippen molar-refractivity contribution in [2.45, 2.75) is 19.4 Å². The van der Waals surface area contributed by atoms with E-state index in [2.05, 4.69) is 10.0 Å². The number of imide groups is 1. The molecule has 1 unspecified atom stereocenters. The lowest BCUT2D eigenvalue weighted by atomic mass is 10.2. The highest BCUT2D eigenvalue weighted by Crippen LogP contribution is 2.19. The molecule has 2 amide bonds. The second kappa shape index (κ2) is 5.72. The van der Waals surface area contributed by atoms with Crippen molar-refractivity contribution in [3.05, 3.63) is 24.3 Å². The fraction of sp³-hybridized carbons (Fsp3) is 0.385. The van der Waals surface area contributed by atoms with Crippen LogP contribution >= 0.6 is 0 Å². The maximum absolute atomic E-state index is 11.8. The van der Waals surface area contributed by atoms with E-state index in [0.29, 0.717) is 11.4 Å². The first kappa shape index (κ1) is 15.3. The van der Waals surface area contributed by atoms with E-state index in [4.69, 9.17) is 0 Å². The normalized spacial score (nSPS) is 19.0. The Morgan fingerprint density at radius 2 is 1.76 bits per heavy atom. The van der Waals surface area contributed by atoms with Gasteiger partial charge in [-0.05, 0) is 31.2 Å². The van der Waals surface area contributed by atoms with Crippen LogP contribution in [0.4, 0.5) is 11.4 Å². The SMILES string of the molecule is CCS(=O)(=O)Nc1ccc(NC2CC(=O)N(C)C2=O)cc1. The van der Waals surface area contributed by atoms with E-state index in [-0.39, 0.29) is 24.0 Å². The van der Waals surface area contributed by atoms with Crippen molar-refractivity contribution in [2.24, 2.45) is 0 Å². The lowest BCUT2D eigenvalue weighted by molar-refractivity contribution is -0.136. The van der Waals surface area contributed by atoms with Crippen LogP contribution in [0.25, 0.3) is 0 Å². The van der Waals surface area contributed by atoms with Crippen molar-refractivity contribution >= 4 is 33.2 Å². The van der Waals surface area contributed by atoms with Crippen LogP contribution in [-0.4, -0.2) is 44.0 Å². The Hall–Kier alpha value is -2.09. The van der Waals surface area contributed by atoms with Gasteiger partial charge in [0, 0.05) is 18.4 Å². The highest BCUT2D eigenvalue weighted by atomic mass is 32.2. The van der Waals surface area contributed by atoms with Crippen LogP contribution in [0.2, 0.25) is 0 Å². The van der Waals surface area contributed by atoms with Crippen LogP contribution in [0.3, 0.4) is 0 Å². The number of nitrogens with zero attached hydrogens (tertiary/aromatic N) is 1. The average molecular weight is 311 g/mol. The molecule has 1 aromatic rings. The summed E-state index contributed by atoms with van der Waals surface area (Å²) in [5.41, 5.74) is 1.10. The molecule has 1 atom stereocenters. The largest absolute Gasteiger partial charge is 0.373 e. The molecule has 0 aromatic heterocycles. The van der Waals surface area contributed by atoms with Crippen molar-refractivity contribution < 1.29 is 18.0 Å². The number of likely N-dealkylation sites (N-methyl/N-ethyl adjacent to an activating group) is 1. The number of hydrogen-bond donors (Lipinski definition) is 2. The number of hydrogen-bond acceptors (Lipinski definition) is 5. The highest BCUT2D eigenvalue weighted by molar-refractivity contribution is 7.92. The Morgan fingerprint density at radius 3 is 2.24 bits per heavy atom. The topological polar surface area (TPSA) is 95.6 Å². The molecule has 114 valence electrons. The zero-order valence-electron chi connectivity index (χ0n) is 11.8. The van der Waals surface area contributed by atoms with Crippen LogP contribution in [0.15, 0.2) is 24.3 Å². The third-order valence-electron chi connectivity index (χ3n) is 3.26. The first-order valence-electron chi connectivity index (χ1n) is 6.50. The molecule has 0 radical (unpaired) electrons. The van der Waals surface area contributed by atoms with E-state index in [1.165, 1.54) is 7.05 Å². The molecule has 21 heavy (non-hydrogen) atoms. The van der Waals surface area contributed by atoms with Crippen molar-refractivity contribution in [2.75, 3.05) is 22.8 Å². The summed E-state index contributed by atoms with van der Waals surface area (Å²) >= 11 is 0. The summed E-state index contributed by atoms with van der Waals surface area (Å²) in [7, 11) is -1.85. The van der Waals surface area contributed by atoms with Crippen molar-refractivity contribution in [3.8, 4) is 0 Å². The zero-order chi connectivity index (χ0) is 15.6. The molecule has 1 aliphatic heterocycles. The van der Waals surface area contributed by atoms with E-state index >= 15 is 0 Å². The molecule has 0 aliphatic carbocycles. The molecule has 0 saturated carbocycles. The lowest BCUT2D eigenvalue weighted by Gasteiger charge is -2.13. The molecule has 1 aliphatic rings. The van der Waals surface area contributed by atoms with E-state index in [1.54, 1.807) is 31.2 Å². The average Bonchev–Trinajstić information content (AvgIpc) is 2.68. The van der Waals surface area contributed by atoms with Crippen LogP contribution < -0.4 is 10.0 Å². The van der Waals surface area contributed by atoms with E-state index in [1.807, 2.05) is 0 Å². The minimum atomic E-state index is -3.31. The van der Waals surface area contributed by atoms with Gasteiger partial charge in [0.1, 0.15) is 6.04 Å². The molecule has 1 saturated heterocycles. The standard InChI is InChI=1S/C13H17N3O4S/c1-3-21(19,20)15-10-6-4-9(5-7-10)14-11-8-12(17)16(2)13(11)18/h4-7,11,14-15H,3,8H2,1-2H3. The number of sulfonamides is 1. The Bertz CT molecular complexity index is 654. The van der Waals surface area contributed by atoms with Gasteiger partial charge < -0.3 is 5.32 Å². The van der Waals surface area contributed by atoms with Crippen molar-refractivity contribution in [3.63, 3.8) is 0 Å². The van der Waals surface area contributed by atoms with Gasteiger partial charge in [0.15, 0.2) is 0 Å². The summed E-state index contributed by atoms with van der Waals surface area (Å²) in [4.78, 5) is 24.3.